The average Bonchev–Trinajstić information content (AvgIpc) is 2.74. The Labute approximate surface area is 115 Å². The van der Waals surface area contributed by atoms with Crippen molar-refractivity contribution in [3.63, 3.8) is 0 Å². The molecule has 0 aliphatic rings. The molecule has 1 atom stereocenters. The summed E-state index contributed by atoms with van der Waals surface area (Å²) < 4.78 is 1.82. The van der Waals surface area contributed by atoms with Crippen molar-refractivity contribution in [1.29, 1.82) is 0 Å². The van der Waals surface area contributed by atoms with E-state index in [2.05, 4.69) is 29.2 Å². The Morgan fingerprint density at radius 2 is 2.37 bits per heavy atom. The quantitative estimate of drug-likeness (QED) is 0.636. The van der Waals surface area contributed by atoms with Crippen LogP contribution in [-0.4, -0.2) is 44.0 Å². The summed E-state index contributed by atoms with van der Waals surface area (Å²) in [5, 5.41) is 15.3. The van der Waals surface area contributed by atoms with Gasteiger partial charge in [0.1, 0.15) is 18.2 Å². The third kappa shape index (κ3) is 5.29. The van der Waals surface area contributed by atoms with Crippen LogP contribution < -0.4 is 5.32 Å². The maximum Gasteiger partial charge on any atom is 0.327 e. The number of aliphatic carboxylic acids is 1. The highest BCUT2D eigenvalue weighted by Gasteiger charge is 2.16. The second kappa shape index (κ2) is 7.78. The number of nitrogens with zero attached hydrogens (tertiary/aromatic N) is 3. The second-order valence-electron chi connectivity index (χ2n) is 4.44. The first-order chi connectivity index (χ1) is 9.04. The van der Waals surface area contributed by atoms with Crippen molar-refractivity contribution in [2.75, 3.05) is 5.75 Å². The molecular formula is C11H18N4O3S. The lowest BCUT2D eigenvalue weighted by Crippen LogP contribution is -2.37. The van der Waals surface area contributed by atoms with Crippen molar-refractivity contribution < 1.29 is 14.7 Å². The molecule has 7 nitrogen and oxygen atoms in total. The van der Waals surface area contributed by atoms with Gasteiger partial charge in [-0.15, -0.1) is 0 Å². The number of nitrogens with one attached hydrogen (secondary N) is 1. The molecule has 0 radical (unpaired) electrons. The molecule has 0 spiro atoms. The van der Waals surface area contributed by atoms with Crippen LogP contribution in [0.1, 0.15) is 19.7 Å². The van der Waals surface area contributed by atoms with E-state index in [9.17, 15) is 9.59 Å². The maximum atomic E-state index is 10.8. The molecule has 1 aromatic rings. The summed E-state index contributed by atoms with van der Waals surface area (Å²) in [6.07, 6.45) is 1.90. The summed E-state index contributed by atoms with van der Waals surface area (Å²) in [4.78, 5) is 25.3. The molecule has 106 valence electrons. The number of carboxylic acid groups (broad SMARTS) is 1. The van der Waals surface area contributed by atoms with E-state index in [1.807, 2.05) is 4.68 Å². The van der Waals surface area contributed by atoms with Gasteiger partial charge < -0.3 is 10.4 Å². The molecule has 1 unspecified atom stereocenters. The highest BCUT2D eigenvalue weighted by atomic mass is 32.2. The Balaban J connectivity index is 2.46. The number of aromatic nitrogens is 3. The van der Waals surface area contributed by atoms with Crippen molar-refractivity contribution >= 4 is 24.1 Å². The lowest BCUT2D eigenvalue weighted by molar-refractivity contribution is -0.139. The number of carbonyl (C=O) groups is 2. The van der Waals surface area contributed by atoms with Gasteiger partial charge in [0.15, 0.2) is 0 Å². The predicted octanol–water partition coefficient (Wildman–Crippen LogP) is 0.366. The molecule has 0 saturated heterocycles. The van der Waals surface area contributed by atoms with E-state index in [1.165, 1.54) is 18.1 Å². The second-order valence-corrected chi connectivity index (χ2v) is 5.47. The highest BCUT2D eigenvalue weighted by Crippen LogP contribution is 2.12. The third-order valence-corrected chi connectivity index (χ3v) is 3.35. The molecule has 1 aromatic heterocycles. The van der Waals surface area contributed by atoms with Crippen molar-refractivity contribution in [3.05, 3.63) is 12.2 Å². The minimum Gasteiger partial charge on any atom is -0.480 e. The molecule has 0 saturated carbocycles. The van der Waals surface area contributed by atoms with Crippen LogP contribution in [0, 0.1) is 5.92 Å². The zero-order valence-corrected chi connectivity index (χ0v) is 11.8. The predicted molar refractivity (Wildman–Crippen MR) is 71.6 cm³/mol. The van der Waals surface area contributed by atoms with E-state index in [0.29, 0.717) is 23.8 Å². The van der Waals surface area contributed by atoms with Gasteiger partial charge in [0, 0.05) is 12.3 Å². The van der Waals surface area contributed by atoms with E-state index in [0.717, 1.165) is 12.4 Å². The summed E-state index contributed by atoms with van der Waals surface area (Å²) in [7, 11) is 0. The van der Waals surface area contributed by atoms with Crippen molar-refractivity contribution in [3.8, 4) is 0 Å². The van der Waals surface area contributed by atoms with Crippen LogP contribution in [0.15, 0.2) is 6.33 Å². The molecular weight excluding hydrogens is 268 g/mol. The minimum atomic E-state index is -1.04. The monoisotopic (exact) mass is 286 g/mol. The summed E-state index contributed by atoms with van der Waals surface area (Å²) in [6.45, 7) is 4.96. The lowest BCUT2D eigenvalue weighted by atomic mass is 10.2. The Morgan fingerprint density at radius 1 is 1.63 bits per heavy atom. The van der Waals surface area contributed by atoms with Crippen LogP contribution in [0.25, 0.3) is 0 Å². The lowest BCUT2D eigenvalue weighted by Gasteiger charge is -2.11. The first kappa shape index (κ1) is 15.5. The minimum absolute atomic E-state index is 0.294. The van der Waals surface area contributed by atoms with Crippen LogP contribution >= 0.6 is 11.8 Å². The Hall–Kier alpha value is -1.57. The van der Waals surface area contributed by atoms with Gasteiger partial charge in [-0.1, -0.05) is 13.8 Å². The van der Waals surface area contributed by atoms with Gasteiger partial charge in [-0.05, 0) is 5.92 Å². The number of carboxylic acids is 1. The van der Waals surface area contributed by atoms with Gasteiger partial charge in [0.2, 0.25) is 6.41 Å². The number of hydrogen-bond donors (Lipinski definition) is 2. The summed E-state index contributed by atoms with van der Waals surface area (Å²) in [5.74, 6) is 1.10. The zero-order valence-electron chi connectivity index (χ0n) is 10.9. The molecule has 19 heavy (non-hydrogen) atoms. The number of thioether (sulfide) groups is 1. The normalized spacial score (nSPS) is 12.4. The number of hydrogen-bond acceptors (Lipinski definition) is 5. The van der Waals surface area contributed by atoms with Gasteiger partial charge in [0.05, 0.1) is 5.75 Å². The molecule has 0 aliphatic heterocycles. The van der Waals surface area contributed by atoms with Crippen molar-refractivity contribution in [2.24, 2.45) is 5.92 Å². The fraction of sp³-hybridized carbons (Fsp3) is 0.636. The molecule has 0 fully saturated rings. The molecule has 0 aliphatic carbocycles. The fourth-order valence-electron chi connectivity index (χ4n) is 1.44. The molecule has 0 aromatic carbocycles. The van der Waals surface area contributed by atoms with Crippen LogP contribution in [0.5, 0.6) is 0 Å². The van der Waals surface area contributed by atoms with Gasteiger partial charge in [-0.25, -0.2) is 14.5 Å². The molecule has 8 heteroatoms. The van der Waals surface area contributed by atoms with Gasteiger partial charge >= 0.3 is 5.97 Å². The SMILES string of the molecule is CC(C)Cn1ncnc1CSCC(NC=O)C(=O)O. The molecule has 1 amide bonds. The van der Waals surface area contributed by atoms with Crippen LogP contribution in [0.3, 0.4) is 0 Å². The summed E-state index contributed by atoms with van der Waals surface area (Å²) in [6, 6.07) is -0.871. The smallest absolute Gasteiger partial charge is 0.327 e. The van der Waals surface area contributed by atoms with Crippen LogP contribution in [0.4, 0.5) is 0 Å². The number of amides is 1. The number of carbonyl (C=O) groups excluding carboxylic acids is 1. The van der Waals surface area contributed by atoms with Gasteiger partial charge in [-0.3, -0.25) is 4.79 Å². The highest BCUT2D eigenvalue weighted by molar-refractivity contribution is 7.98. The van der Waals surface area contributed by atoms with Crippen LogP contribution in [-0.2, 0) is 21.9 Å². The van der Waals surface area contributed by atoms with E-state index >= 15 is 0 Å². The van der Waals surface area contributed by atoms with Gasteiger partial charge in [-0.2, -0.15) is 16.9 Å². The Morgan fingerprint density at radius 3 is 2.95 bits per heavy atom. The molecule has 2 N–H and O–H groups in total. The number of rotatable bonds is 9. The van der Waals surface area contributed by atoms with Crippen molar-refractivity contribution in [2.45, 2.75) is 32.2 Å². The van der Waals surface area contributed by atoms with Crippen molar-refractivity contribution in [1.82, 2.24) is 20.1 Å². The maximum absolute atomic E-state index is 10.8. The van der Waals surface area contributed by atoms with Gasteiger partial charge in [0.25, 0.3) is 0 Å². The average molecular weight is 286 g/mol. The van der Waals surface area contributed by atoms with E-state index in [1.54, 1.807) is 0 Å². The Bertz CT molecular complexity index is 422. The zero-order chi connectivity index (χ0) is 14.3. The molecule has 1 heterocycles. The van der Waals surface area contributed by atoms with E-state index < -0.39 is 12.0 Å². The summed E-state index contributed by atoms with van der Waals surface area (Å²) in [5.41, 5.74) is 0. The molecule has 0 bridgehead atoms. The third-order valence-electron chi connectivity index (χ3n) is 2.32. The summed E-state index contributed by atoms with van der Waals surface area (Å²) >= 11 is 1.40. The first-order valence-electron chi connectivity index (χ1n) is 5.91. The first-order valence-corrected chi connectivity index (χ1v) is 7.07. The van der Waals surface area contributed by atoms with Crippen LogP contribution in [0.2, 0.25) is 0 Å². The standard InChI is InChI=1S/C11H18N4O3S/c1-8(2)3-15-10(12-6-14-15)5-19-4-9(11(17)18)13-7-16/h6-9H,3-5H2,1-2H3,(H,13,16)(H,17,18). The topological polar surface area (TPSA) is 97.1 Å². The Kier molecular flexibility index (Phi) is 6.34. The van der Waals surface area contributed by atoms with E-state index in [-0.39, 0.29) is 0 Å². The van der Waals surface area contributed by atoms with E-state index in [4.69, 9.17) is 5.11 Å². The largest absolute Gasteiger partial charge is 0.480 e. The fourth-order valence-corrected chi connectivity index (χ4v) is 2.44. The molecule has 1 rings (SSSR count).